The Hall–Kier alpha value is -1.34. The maximum Gasteiger partial charge on any atom is 0.268 e. The van der Waals surface area contributed by atoms with Gasteiger partial charge in [0, 0.05) is 0 Å². The molecule has 84 valence electrons. The highest BCUT2D eigenvalue weighted by Gasteiger charge is 2.09. The molecule has 2 aromatic rings. The molecule has 0 aliphatic carbocycles. The number of thioether (sulfide) groups is 1. The maximum atomic E-state index is 11.6. The first-order chi connectivity index (χ1) is 7.79. The van der Waals surface area contributed by atoms with Crippen LogP contribution in [0.1, 0.15) is 16.6 Å². The summed E-state index contributed by atoms with van der Waals surface area (Å²) in [6.07, 6.45) is 0. The van der Waals surface area contributed by atoms with Crippen molar-refractivity contribution < 1.29 is 4.79 Å². The van der Waals surface area contributed by atoms with Gasteiger partial charge in [0.15, 0.2) is 0 Å². The molecular formula is C9H10N4OS2. The van der Waals surface area contributed by atoms with Crippen molar-refractivity contribution in [3.63, 3.8) is 0 Å². The number of aromatic nitrogens is 3. The fraction of sp³-hybridized carbons (Fsp3) is 0.222. The van der Waals surface area contributed by atoms with E-state index in [2.05, 4.69) is 20.5 Å². The molecule has 0 saturated heterocycles. The van der Waals surface area contributed by atoms with E-state index in [0.29, 0.717) is 16.0 Å². The minimum atomic E-state index is -0.167. The number of nitrogens with one attached hydrogen (secondary N) is 2. The van der Waals surface area contributed by atoms with Gasteiger partial charge in [-0.2, -0.15) is 4.98 Å². The molecule has 2 heterocycles. The Balaban J connectivity index is 2.01. The molecule has 0 unspecified atom stereocenters. The third-order valence-electron chi connectivity index (χ3n) is 1.72. The number of aromatic amines is 1. The van der Waals surface area contributed by atoms with E-state index in [4.69, 9.17) is 0 Å². The van der Waals surface area contributed by atoms with Crippen LogP contribution in [0.3, 0.4) is 0 Å². The molecule has 0 atom stereocenters. The summed E-state index contributed by atoms with van der Waals surface area (Å²) in [5.74, 6) is 1.12. The fourth-order valence-electron chi connectivity index (χ4n) is 1.07. The van der Waals surface area contributed by atoms with Crippen molar-refractivity contribution in [1.82, 2.24) is 15.2 Å². The predicted octanol–water partition coefficient (Wildman–Crippen LogP) is 2.23. The number of amides is 1. The highest BCUT2D eigenvalue weighted by atomic mass is 32.2. The zero-order valence-corrected chi connectivity index (χ0v) is 10.2. The van der Waals surface area contributed by atoms with E-state index in [1.54, 1.807) is 6.07 Å². The summed E-state index contributed by atoms with van der Waals surface area (Å²) in [6, 6.07) is 3.59. The van der Waals surface area contributed by atoms with Gasteiger partial charge in [-0.05, 0) is 17.2 Å². The molecular weight excluding hydrogens is 244 g/mol. The molecule has 7 heteroatoms. The lowest BCUT2D eigenvalue weighted by Gasteiger charge is -1.96. The molecule has 2 aromatic heterocycles. The minimum absolute atomic E-state index is 0.167. The number of anilines is 1. The Morgan fingerprint density at radius 2 is 2.56 bits per heavy atom. The van der Waals surface area contributed by atoms with E-state index < -0.39 is 0 Å². The van der Waals surface area contributed by atoms with Gasteiger partial charge in [-0.25, -0.2) is 5.10 Å². The van der Waals surface area contributed by atoms with Crippen LogP contribution in [0.5, 0.6) is 0 Å². The molecule has 2 N–H and O–H groups in total. The second kappa shape index (κ2) is 5.13. The third-order valence-corrected chi connectivity index (χ3v) is 3.31. The molecule has 5 nitrogen and oxygen atoms in total. The van der Waals surface area contributed by atoms with Gasteiger partial charge in [-0.3, -0.25) is 10.1 Å². The molecule has 0 aliphatic rings. The quantitative estimate of drug-likeness (QED) is 0.821. The number of H-pyrrole nitrogens is 1. The molecule has 0 spiro atoms. The van der Waals surface area contributed by atoms with Crippen molar-refractivity contribution in [2.24, 2.45) is 0 Å². The molecule has 0 bridgehead atoms. The van der Waals surface area contributed by atoms with E-state index >= 15 is 0 Å². The molecule has 0 saturated carbocycles. The van der Waals surface area contributed by atoms with Gasteiger partial charge in [0.05, 0.1) is 4.88 Å². The Morgan fingerprint density at radius 1 is 1.69 bits per heavy atom. The van der Waals surface area contributed by atoms with Crippen LogP contribution in [0.2, 0.25) is 0 Å². The van der Waals surface area contributed by atoms with E-state index in [1.807, 2.05) is 18.4 Å². The minimum Gasteiger partial charge on any atom is -0.290 e. The maximum absolute atomic E-state index is 11.6. The van der Waals surface area contributed by atoms with E-state index in [9.17, 15) is 4.79 Å². The normalized spacial score (nSPS) is 10.3. The molecule has 0 radical (unpaired) electrons. The van der Waals surface area contributed by atoms with Crippen molar-refractivity contribution in [2.45, 2.75) is 12.1 Å². The number of hydrogen-bond donors (Lipinski definition) is 2. The van der Waals surface area contributed by atoms with Crippen molar-refractivity contribution in [3.05, 3.63) is 22.4 Å². The summed E-state index contributed by atoms with van der Waals surface area (Å²) in [5.41, 5.74) is 0. The first-order valence-corrected chi connectivity index (χ1v) is 6.56. The Labute approximate surface area is 101 Å². The Kier molecular flexibility index (Phi) is 3.58. The fourth-order valence-corrected chi connectivity index (χ4v) is 2.22. The Morgan fingerprint density at radius 3 is 3.25 bits per heavy atom. The van der Waals surface area contributed by atoms with E-state index in [1.165, 1.54) is 23.1 Å². The topological polar surface area (TPSA) is 70.7 Å². The van der Waals surface area contributed by atoms with Crippen LogP contribution in [-0.4, -0.2) is 26.8 Å². The smallest absolute Gasteiger partial charge is 0.268 e. The van der Waals surface area contributed by atoms with Crippen molar-refractivity contribution >= 4 is 35.0 Å². The third kappa shape index (κ3) is 2.61. The SMILES string of the molecule is CCSc1n[nH]c(NC(=O)c2cccs2)n1. The second-order valence-corrected chi connectivity index (χ2v) is 5.01. The van der Waals surface area contributed by atoms with Crippen molar-refractivity contribution in [2.75, 3.05) is 11.1 Å². The van der Waals surface area contributed by atoms with Gasteiger partial charge in [0.2, 0.25) is 11.1 Å². The van der Waals surface area contributed by atoms with Crippen LogP contribution in [-0.2, 0) is 0 Å². The van der Waals surface area contributed by atoms with Gasteiger partial charge in [-0.15, -0.1) is 16.4 Å². The summed E-state index contributed by atoms with van der Waals surface area (Å²) < 4.78 is 0. The monoisotopic (exact) mass is 254 g/mol. The van der Waals surface area contributed by atoms with Crippen LogP contribution in [0.25, 0.3) is 0 Å². The number of hydrogen-bond acceptors (Lipinski definition) is 5. The largest absolute Gasteiger partial charge is 0.290 e. The van der Waals surface area contributed by atoms with Gasteiger partial charge < -0.3 is 0 Å². The molecule has 0 aromatic carbocycles. The summed E-state index contributed by atoms with van der Waals surface area (Å²) in [7, 11) is 0. The van der Waals surface area contributed by atoms with Crippen LogP contribution >= 0.6 is 23.1 Å². The summed E-state index contributed by atoms with van der Waals surface area (Å²) in [5, 5.41) is 11.8. The van der Waals surface area contributed by atoms with Crippen LogP contribution in [0.4, 0.5) is 5.95 Å². The number of carbonyl (C=O) groups excluding carboxylic acids is 1. The standard InChI is InChI=1S/C9H10N4OS2/c1-2-15-9-11-8(12-13-9)10-7(14)6-4-3-5-16-6/h3-5H,2H2,1H3,(H2,10,11,12,13,14). The van der Waals surface area contributed by atoms with Gasteiger partial charge in [0.1, 0.15) is 0 Å². The van der Waals surface area contributed by atoms with Crippen LogP contribution in [0.15, 0.2) is 22.7 Å². The molecule has 16 heavy (non-hydrogen) atoms. The number of thiophene rings is 1. The highest BCUT2D eigenvalue weighted by Crippen LogP contribution is 2.14. The van der Waals surface area contributed by atoms with E-state index in [-0.39, 0.29) is 5.91 Å². The summed E-state index contributed by atoms with van der Waals surface area (Å²) in [4.78, 5) is 16.4. The number of nitrogens with zero attached hydrogens (tertiary/aromatic N) is 2. The lowest BCUT2D eigenvalue weighted by atomic mass is 10.4. The average Bonchev–Trinajstić information content (AvgIpc) is 2.89. The van der Waals surface area contributed by atoms with Gasteiger partial charge >= 0.3 is 0 Å². The zero-order valence-electron chi connectivity index (χ0n) is 8.56. The molecule has 1 amide bonds. The van der Waals surface area contributed by atoms with Gasteiger partial charge in [-0.1, -0.05) is 24.8 Å². The molecule has 0 fully saturated rings. The zero-order chi connectivity index (χ0) is 11.4. The predicted molar refractivity (Wildman–Crippen MR) is 65.1 cm³/mol. The summed E-state index contributed by atoms with van der Waals surface area (Å²) in [6.45, 7) is 2.02. The first-order valence-electron chi connectivity index (χ1n) is 4.69. The first kappa shape index (κ1) is 11.2. The van der Waals surface area contributed by atoms with Crippen molar-refractivity contribution in [3.8, 4) is 0 Å². The second-order valence-electron chi connectivity index (χ2n) is 2.83. The Bertz CT molecular complexity index is 466. The lowest BCUT2D eigenvalue weighted by Crippen LogP contribution is -2.11. The van der Waals surface area contributed by atoms with Gasteiger partial charge in [0.25, 0.3) is 5.91 Å². The lowest BCUT2D eigenvalue weighted by molar-refractivity contribution is 0.102. The number of rotatable bonds is 4. The van der Waals surface area contributed by atoms with Crippen LogP contribution < -0.4 is 5.32 Å². The van der Waals surface area contributed by atoms with Crippen LogP contribution in [0, 0.1) is 0 Å². The average molecular weight is 254 g/mol. The summed E-state index contributed by atoms with van der Waals surface area (Å²) >= 11 is 2.91. The number of carbonyl (C=O) groups is 1. The molecule has 2 rings (SSSR count). The highest BCUT2D eigenvalue weighted by molar-refractivity contribution is 7.99. The van der Waals surface area contributed by atoms with Crippen molar-refractivity contribution in [1.29, 1.82) is 0 Å². The molecule has 0 aliphatic heterocycles. The van der Waals surface area contributed by atoms with E-state index in [0.717, 1.165) is 5.75 Å².